The third-order valence-corrected chi connectivity index (χ3v) is 12.5. The third-order valence-electron chi connectivity index (χ3n) is 12.5. The fraction of sp³-hybridized carbons (Fsp3) is 0.0189. The molecule has 1 spiro atoms. The van der Waals surface area contributed by atoms with Gasteiger partial charge in [-0.2, -0.15) is 0 Å². The van der Waals surface area contributed by atoms with Crippen molar-refractivity contribution in [3.05, 3.63) is 217 Å². The molecule has 0 bridgehead atoms. The molecule has 2 aromatic heterocycles. The molecule has 4 nitrogen and oxygen atoms in total. The van der Waals surface area contributed by atoms with Gasteiger partial charge in [0.2, 0.25) is 0 Å². The van der Waals surface area contributed by atoms with E-state index in [4.69, 9.17) is 9.97 Å². The van der Waals surface area contributed by atoms with Gasteiger partial charge in [-0.25, -0.2) is 9.97 Å². The van der Waals surface area contributed by atoms with Gasteiger partial charge in [-0.15, -0.1) is 0 Å². The molecule has 9 aromatic carbocycles. The van der Waals surface area contributed by atoms with Crippen molar-refractivity contribution >= 4 is 43.6 Å². The fourth-order valence-corrected chi connectivity index (χ4v) is 10.2. The van der Waals surface area contributed by atoms with Crippen LogP contribution in [-0.4, -0.2) is 19.1 Å². The lowest BCUT2D eigenvalue weighted by atomic mass is 9.73. The first-order valence-electron chi connectivity index (χ1n) is 19.6. The van der Waals surface area contributed by atoms with Crippen LogP contribution >= 0.6 is 0 Å². The Labute approximate surface area is 328 Å². The monoisotopic (exact) mass is 724 g/mol. The number of fused-ring (bicyclic) bond motifs is 15. The highest BCUT2D eigenvalue weighted by Crippen LogP contribution is 2.60. The Balaban J connectivity index is 1.04. The van der Waals surface area contributed by atoms with Gasteiger partial charge < -0.3 is 0 Å². The molecule has 0 fully saturated rings. The van der Waals surface area contributed by atoms with E-state index in [-0.39, 0.29) is 0 Å². The summed E-state index contributed by atoms with van der Waals surface area (Å²) in [6.45, 7) is 0. The first-order valence-corrected chi connectivity index (χ1v) is 19.6. The third kappa shape index (κ3) is 4.01. The maximum absolute atomic E-state index is 5.66. The highest BCUT2D eigenvalue weighted by Gasteiger charge is 2.54. The fourth-order valence-electron chi connectivity index (χ4n) is 10.2. The number of hydrogen-bond acceptors (Lipinski definition) is 2. The van der Waals surface area contributed by atoms with Gasteiger partial charge in [0.1, 0.15) is 17.1 Å². The molecule has 57 heavy (non-hydrogen) atoms. The van der Waals surface area contributed by atoms with Gasteiger partial charge in [-0.05, 0) is 109 Å². The molecular formula is C53H32N4. The molecule has 0 atom stereocenters. The molecule has 0 N–H and O–H groups in total. The summed E-state index contributed by atoms with van der Waals surface area (Å²) in [5.74, 6) is 1.99. The summed E-state index contributed by atoms with van der Waals surface area (Å²) in [6.07, 6.45) is 0. The van der Waals surface area contributed by atoms with E-state index in [1.165, 1.54) is 60.6 Å². The van der Waals surface area contributed by atoms with Gasteiger partial charge in [0.15, 0.2) is 0 Å². The first-order chi connectivity index (χ1) is 28.3. The number of imidazole rings is 2. The number of para-hydroxylation sites is 3. The summed E-state index contributed by atoms with van der Waals surface area (Å²) in [5, 5.41) is 4.81. The first kappa shape index (κ1) is 30.7. The molecule has 0 radical (unpaired) electrons. The number of hydrogen-bond donors (Lipinski definition) is 0. The van der Waals surface area contributed by atoms with Crippen molar-refractivity contribution in [2.24, 2.45) is 0 Å². The van der Waals surface area contributed by atoms with Crippen molar-refractivity contribution in [1.82, 2.24) is 19.1 Å². The molecular weight excluding hydrogens is 693 g/mol. The Morgan fingerprint density at radius 1 is 0.404 bits per heavy atom. The minimum atomic E-state index is -0.498. The second-order valence-corrected chi connectivity index (χ2v) is 15.3. The number of rotatable bonds is 3. The molecule has 264 valence electrons. The minimum Gasteiger partial charge on any atom is -0.295 e. The van der Waals surface area contributed by atoms with E-state index in [2.05, 4.69) is 203 Å². The average molecular weight is 725 g/mol. The standard InChI is InChI=1S/C53H32N4/c1-2-14-33(15-3-1)51-54-45-23-11-13-25-48(45)56(51)37-27-28-39-36(31-37)30-34-16-4-5-17-38(34)50(39)35-26-29-49-46(32-35)55-52-53(44-22-10-12-24-47(44)57(49)52)42-20-8-6-18-40(42)41-19-7-9-21-43(41)53/h1-32H. The van der Waals surface area contributed by atoms with E-state index in [0.717, 1.165) is 50.5 Å². The van der Waals surface area contributed by atoms with Crippen LogP contribution in [0.15, 0.2) is 194 Å². The van der Waals surface area contributed by atoms with Gasteiger partial charge in [0.05, 0.1) is 27.8 Å². The van der Waals surface area contributed by atoms with Crippen LogP contribution in [0.25, 0.3) is 88.6 Å². The maximum atomic E-state index is 5.66. The summed E-state index contributed by atoms with van der Waals surface area (Å²) in [4.78, 5) is 10.8. The highest BCUT2D eigenvalue weighted by molar-refractivity contribution is 6.14. The van der Waals surface area contributed by atoms with Gasteiger partial charge in [-0.3, -0.25) is 9.13 Å². The van der Waals surface area contributed by atoms with Crippen LogP contribution in [0.1, 0.15) is 22.5 Å². The van der Waals surface area contributed by atoms with Crippen LogP contribution in [0.5, 0.6) is 0 Å². The predicted molar refractivity (Wildman–Crippen MR) is 232 cm³/mol. The number of benzene rings is 9. The predicted octanol–water partition coefficient (Wildman–Crippen LogP) is 12.7. The van der Waals surface area contributed by atoms with Gasteiger partial charge >= 0.3 is 0 Å². The Bertz CT molecular complexity index is 3430. The van der Waals surface area contributed by atoms with E-state index in [9.17, 15) is 0 Å². The van der Waals surface area contributed by atoms with Crippen LogP contribution in [0.2, 0.25) is 0 Å². The molecule has 11 aromatic rings. The summed E-state index contributed by atoms with van der Waals surface area (Å²) in [6, 6.07) is 70.4. The van der Waals surface area contributed by atoms with Crippen LogP contribution in [0, 0.1) is 0 Å². The van der Waals surface area contributed by atoms with Crippen molar-refractivity contribution < 1.29 is 0 Å². The maximum Gasteiger partial charge on any atom is 0.145 e. The summed E-state index contributed by atoms with van der Waals surface area (Å²) in [5.41, 5.74) is 15.9. The Morgan fingerprint density at radius 2 is 1.07 bits per heavy atom. The second kappa shape index (κ2) is 11.2. The lowest BCUT2D eigenvalue weighted by molar-refractivity contribution is 0.738. The SMILES string of the molecule is c1ccc(-c2nc3ccccc3n2-c2ccc3c(-c4ccc5c(c4)nc4n5-c5ccccc5C45c4ccccc4-c4ccccc45)c4ccccc4cc3c2)cc1. The Morgan fingerprint density at radius 3 is 1.91 bits per heavy atom. The average Bonchev–Trinajstić information content (AvgIpc) is 4.00. The van der Waals surface area contributed by atoms with E-state index < -0.39 is 5.41 Å². The number of nitrogens with zero attached hydrogens (tertiary/aromatic N) is 4. The molecule has 1 aliphatic carbocycles. The number of aromatic nitrogens is 4. The molecule has 0 saturated heterocycles. The minimum absolute atomic E-state index is 0.498. The van der Waals surface area contributed by atoms with Crippen LogP contribution < -0.4 is 0 Å². The molecule has 0 saturated carbocycles. The zero-order valence-electron chi connectivity index (χ0n) is 30.8. The van der Waals surface area contributed by atoms with E-state index >= 15 is 0 Å². The van der Waals surface area contributed by atoms with Gasteiger partial charge in [0, 0.05) is 11.3 Å². The van der Waals surface area contributed by atoms with Gasteiger partial charge in [-0.1, -0.05) is 146 Å². The molecule has 3 heterocycles. The lowest BCUT2D eigenvalue weighted by Crippen LogP contribution is -2.27. The van der Waals surface area contributed by atoms with Crippen molar-refractivity contribution in [3.63, 3.8) is 0 Å². The van der Waals surface area contributed by atoms with Crippen molar-refractivity contribution in [3.8, 4) is 45.0 Å². The zero-order valence-corrected chi connectivity index (χ0v) is 30.8. The zero-order chi connectivity index (χ0) is 37.2. The van der Waals surface area contributed by atoms with E-state index in [1.807, 2.05) is 0 Å². The molecule has 2 aliphatic rings. The Hall–Kier alpha value is -7.56. The smallest absolute Gasteiger partial charge is 0.145 e. The highest BCUT2D eigenvalue weighted by atomic mass is 15.1. The van der Waals surface area contributed by atoms with Crippen LogP contribution in [-0.2, 0) is 5.41 Å². The van der Waals surface area contributed by atoms with E-state index in [0.29, 0.717) is 0 Å². The van der Waals surface area contributed by atoms with Crippen molar-refractivity contribution in [2.75, 3.05) is 0 Å². The van der Waals surface area contributed by atoms with Crippen molar-refractivity contribution in [1.29, 1.82) is 0 Å². The topological polar surface area (TPSA) is 35.6 Å². The quantitative estimate of drug-likeness (QED) is 0.170. The normalized spacial score (nSPS) is 13.4. The van der Waals surface area contributed by atoms with Crippen molar-refractivity contribution in [2.45, 2.75) is 5.41 Å². The molecule has 13 rings (SSSR count). The molecule has 1 aliphatic heterocycles. The van der Waals surface area contributed by atoms with Crippen LogP contribution in [0.3, 0.4) is 0 Å². The van der Waals surface area contributed by atoms with Gasteiger partial charge in [0.25, 0.3) is 0 Å². The molecule has 0 unspecified atom stereocenters. The largest absolute Gasteiger partial charge is 0.295 e. The van der Waals surface area contributed by atoms with Crippen LogP contribution in [0.4, 0.5) is 0 Å². The molecule has 4 heteroatoms. The lowest BCUT2D eigenvalue weighted by Gasteiger charge is -2.27. The molecule has 0 amide bonds. The van der Waals surface area contributed by atoms with E-state index in [1.54, 1.807) is 0 Å². The second-order valence-electron chi connectivity index (χ2n) is 15.3. The Kier molecular flexibility index (Phi) is 6.07. The summed E-state index contributed by atoms with van der Waals surface area (Å²) < 4.78 is 4.71. The summed E-state index contributed by atoms with van der Waals surface area (Å²) >= 11 is 0. The summed E-state index contributed by atoms with van der Waals surface area (Å²) in [7, 11) is 0.